The van der Waals surface area contributed by atoms with Gasteiger partial charge in [-0.05, 0) is 28.1 Å². The van der Waals surface area contributed by atoms with E-state index >= 15 is 0 Å². The molecule has 0 aliphatic heterocycles. The maximum atomic E-state index is 13.9. The zero-order valence-electron chi connectivity index (χ0n) is 10.5. The second kappa shape index (κ2) is 5.60. The highest BCUT2D eigenvalue weighted by Crippen LogP contribution is 2.30. The molecule has 0 spiro atoms. The number of aromatic carboxylic acids is 1. The van der Waals surface area contributed by atoms with Gasteiger partial charge < -0.3 is 15.6 Å². The van der Waals surface area contributed by atoms with Crippen molar-refractivity contribution < 1.29 is 23.4 Å². The Morgan fingerprint density at radius 1 is 1.33 bits per heavy atom. The van der Waals surface area contributed by atoms with E-state index in [9.17, 15) is 13.6 Å². The Kier molecular flexibility index (Phi) is 4.03. The van der Waals surface area contributed by atoms with Crippen LogP contribution in [-0.2, 0) is 0 Å². The Morgan fingerprint density at radius 3 is 2.57 bits per heavy atom. The number of halogens is 3. The number of aromatic nitrogens is 2. The Morgan fingerprint density at radius 2 is 2.00 bits per heavy atom. The summed E-state index contributed by atoms with van der Waals surface area (Å²) in [5.41, 5.74) is 4.71. The van der Waals surface area contributed by atoms with Crippen molar-refractivity contribution in [3.05, 3.63) is 33.9 Å². The van der Waals surface area contributed by atoms with Crippen molar-refractivity contribution in [1.29, 1.82) is 0 Å². The Hall–Kier alpha value is -2.29. The van der Waals surface area contributed by atoms with Gasteiger partial charge in [-0.1, -0.05) is 0 Å². The molecule has 2 aromatic rings. The summed E-state index contributed by atoms with van der Waals surface area (Å²) in [6.07, 6.45) is 0. The predicted octanol–water partition coefficient (Wildman–Crippen LogP) is 2.47. The fourth-order valence-electron chi connectivity index (χ4n) is 1.63. The van der Waals surface area contributed by atoms with Gasteiger partial charge in [0.25, 0.3) is 0 Å². The number of anilines is 1. The molecule has 6 nitrogen and oxygen atoms in total. The fourth-order valence-corrected chi connectivity index (χ4v) is 1.94. The lowest BCUT2D eigenvalue weighted by atomic mass is 10.2. The quantitative estimate of drug-likeness (QED) is 0.816. The molecule has 3 N–H and O–H groups in total. The van der Waals surface area contributed by atoms with Gasteiger partial charge in [0.05, 0.1) is 17.1 Å². The molecule has 0 atom stereocenters. The molecule has 0 bridgehead atoms. The van der Waals surface area contributed by atoms with Crippen LogP contribution in [0.2, 0.25) is 0 Å². The molecule has 0 saturated carbocycles. The monoisotopic (exact) mass is 359 g/mol. The molecule has 110 valence electrons. The second-order valence-electron chi connectivity index (χ2n) is 3.87. The van der Waals surface area contributed by atoms with Crippen LogP contribution in [0.4, 0.5) is 14.6 Å². The van der Waals surface area contributed by atoms with E-state index in [2.05, 4.69) is 25.9 Å². The van der Waals surface area contributed by atoms with E-state index < -0.39 is 23.3 Å². The summed E-state index contributed by atoms with van der Waals surface area (Å²) in [5, 5.41) is 9.06. The van der Waals surface area contributed by atoms with Crippen molar-refractivity contribution >= 4 is 27.7 Å². The molecule has 1 aromatic heterocycles. The fraction of sp³-hybridized carbons (Fsp3) is 0.0833. The van der Waals surface area contributed by atoms with E-state index in [-0.39, 0.29) is 27.4 Å². The summed E-state index contributed by atoms with van der Waals surface area (Å²) in [6.45, 7) is 0. The topological polar surface area (TPSA) is 98.3 Å². The molecule has 1 aromatic carbocycles. The average Bonchev–Trinajstić information content (AvgIpc) is 2.41. The molecule has 9 heteroatoms. The van der Waals surface area contributed by atoms with Gasteiger partial charge in [-0.15, -0.1) is 0 Å². The van der Waals surface area contributed by atoms with Gasteiger partial charge in [0.15, 0.2) is 23.1 Å². The van der Waals surface area contributed by atoms with E-state index in [1.807, 2.05) is 0 Å². The molecule has 0 amide bonds. The minimum absolute atomic E-state index is 0.0799. The zero-order valence-corrected chi connectivity index (χ0v) is 12.1. The molecule has 1 heterocycles. The predicted molar refractivity (Wildman–Crippen MR) is 73.0 cm³/mol. The molecular weight excluding hydrogens is 352 g/mol. The van der Waals surface area contributed by atoms with Crippen molar-refractivity contribution in [3.63, 3.8) is 0 Å². The zero-order chi connectivity index (χ0) is 15.7. The third-order valence-corrected chi connectivity index (χ3v) is 3.16. The third-order valence-electron chi connectivity index (χ3n) is 2.55. The molecule has 0 radical (unpaired) electrons. The Balaban J connectivity index is 2.71. The minimum atomic E-state index is -1.43. The SMILES string of the molecule is COc1c(N)nc(-c2cc(F)c(Br)cc2F)nc1C(=O)O. The number of rotatable bonds is 3. The summed E-state index contributed by atoms with van der Waals surface area (Å²) in [7, 11) is 1.20. The number of benzene rings is 1. The highest BCUT2D eigenvalue weighted by Gasteiger charge is 2.21. The molecule has 2 rings (SSSR count). The lowest BCUT2D eigenvalue weighted by Crippen LogP contribution is -2.10. The molecule has 0 fully saturated rings. The number of ether oxygens (including phenoxy) is 1. The Labute approximate surface area is 125 Å². The van der Waals surface area contributed by atoms with Crippen LogP contribution in [-0.4, -0.2) is 28.2 Å². The molecule has 0 unspecified atom stereocenters. The van der Waals surface area contributed by atoms with Crippen molar-refractivity contribution in [3.8, 4) is 17.1 Å². The van der Waals surface area contributed by atoms with Crippen LogP contribution in [0, 0.1) is 11.6 Å². The van der Waals surface area contributed by atoms with Gasteiger partial charge in [0.2, 0.25) is 0 Å². The number of nitrogens with two attached hydrogens (primary N) is 1. The van der Waals surface area contributed by atoms with Crippen molar-refractivity contribution in [1.82, 2.24) is 9.97 Å². The average molecular weight is 360 g/mol. The summed E-state index contributed by atoms with van der Waals surface area (Å²) in [5.74, 6) is -3.90. The number of carboxylic acids is 1. The largest absolute Gasteiger partial charge is 0.491 e. The molecule has 0 aliphatic carbocycles. The molecule has 21 heavy (non-hydrogen) atoms. The number of methoxy groups -OCH3 is 1. The standard InChI is InChI=1S/C12H8BrF2N3O3/c1-21-9-8(12(19)20)17-11(18-10(9)16)4-2-7(15)5(13)3-6(4)14/h2-3H,1H3,(H,19,20)(H2,16,17,18). The number of hydrogen-bond acceptors (Lipinski definition) is 5. The number of carboxylic acid groups (broad SMARTS) is 1. The van der Waals surface area contributed by atoms with Crippen molar-refractivity contribution in [2.24, 2.45) is 0 Å². The summed E-state index contributed by atoms with van der Waals surface area (Å²) in [6, 6.07) is 1.72. The maximum Gasteiger partial charge on any atom is 0.358 e. The normalized spacial score (nSPS) is 10.5. The summed E-state index contributed by atoms with van der Waals surface area (Å²) in [4.78, 5) is 18.5. The first-order valence-corrected chi connectivity index (χ1v) is 6.24. The number of nitrogen functional groups attached to an aromatic ring is 1. The van der Waals surface area contributed by atoms with E-state index in [4.69, 9.17) is 15.6 Å². The third kappa shape index (κ3) is 2.77. The highest BCUT2D eigenvalue weighted by molar-refractivity contribution is 9.10. The van der Waals surface area contributed by atoms with Gasteiger partial charge in [-0.25, -0.2) is 23.5 Å². The number of hydrogen-bond donors (Lipinski definition) is 2. The summed E-state index contributed by atoms with van der Waals surface area (Å²) >= 11 is 2.83. The highest BCUT2D eigenvalue weighted by atomic mass is 79.9. The lowest BCUT2D eigenvalue weighted by molar-refractivity contribution is 0.0686. The van der Waals surface area contributed by atoms with Crippen LogP contribution in [0.5, 0.6) is 5.75 Å². The van der Waals surface area contributed by atoms with Crippen molar-refractivity contribution in [2.75, 3.05) is 12.8 Å². The summed E-state index contributed by atoms with van der Waals surface area (Å²) < 4.78 is 32.1. The van der Waals surface area contributed by atoms with Gasteiger partial charge in [-0.2, -0.15) is 0 Å². The van der Waals surface area contributed by atoms with Crippen LogP contribution in [0.3, 0.4) is 0 Å². The minimum Gasteiger partial charge on any atom is -0.491 e. The smallest absolute Gasteiger partial charge is 0.358 e. The Bertz CT molecular complexity index is 740. The molecular formula is C12H8BrF2N3O3. The van der Waals surface area contributed by atoms with Crippen LogP contribution >= 0.6 is 15.9 Å². The first-order valence-electron chi connectivity index (χ1n) is 5.44. The van der Waals surface area contributed by atoms with E-state index in [1.165, 1.54) is 7.11 Å². The first kappa shape index (κ1) is 15.1. The second-order valence-corrected chi connectivity index (χ2v) is 4.72. The van der Waals surface area contributed by atoms with Crippen LogP contribution in [0.1, 0.15) is 10.5 Å². The molecule has 0 aliphatic rings. The van der Waals surface area contributed by atoms with Gasteiger partial charge in [0.1, 0.15) is 11.6 Å². The maximum absolute atomic E-state index is 13.9. The van der Waals surface area contributed by atoms with Gasteiger partial charge >= 0.3 is 5.97 Å². The number of nitrogens with zero attached hydrogens (tertiary/aromatic N) is 2. The lowest BCUT2D eigenvalue weighted by Gasteiger charge is -2.10. The van der Waals surface area contributed by atoms with Crippen molar-refractivity contribution in [2.45, 2.75) is 0 Å². The van der Waals surface area contributed by atoms with E-state index in [1.54, 1.807) is 0 Å². The number of carbonyl (C=O) groups is 1. The van der Waals surface area contributed by atoms with Gasteiger partial charge in [-0.3, -0.25) is 0 Å². The van der Waals surface area contributed by atoms with Crippen LogP contribution in [0.25, 0.3) is 11.4 Å². The molecule has 0 saturated heterocycles. The van der Waals surface area contributed by atoms with Gasteiger partial charge in [0, 0.05) is 0 Å². The van der Waals surface area contributed by atoms with E-state index in [0.717, 1.165) is 12.1 Å². The van der Waals surface area contributed by atoms with E-state index in [0.29, 0.717) is 0 Å². The van der Waals surface area contributed by atoms with Crippen LogP contribution < -0.4 is 10.5 Å². The first-order chi connectivity index (χ1) is 9.85. The van der Waals surface area contributed by atoms with Crippen LogP contribution in [0.15, 0.2) is 16.6 Å².